The number of hydrogen-bond donors (Lipinski definition) is 0. The first kappa shape index (κ1) is 11.6. The predicted octanol–water partition coefficient (Wildman–Crippen LogP) is 3.92. The van der Waals surface area contributed by atoms with Gasteiger partial charge in [0.1, 0.15) is 0 Å². The van der Waals surface area contributed by atoms with E-state index in [-0.39, 0.29) is 0 Å². The Morgan fingerprint density at radius 1 is 1.60 bits per heavy atom. The lowest BCUT2D eigenvalue weighted by atomic mass is 10.1. The number of nitrogens with zero attached hydrogens (tertiary/aromatic N) is 1. The van der Waals surface area contributed by atoms with E-state index >= 15 is 0 Å². The van der Waals surface area contributed by atoms with E-state index in [0.29, 0.717) is 11.5 Å². The standard InChI is InChI=1S/C12H18BrNS/c1-10(11-4-3-7-15-11)14(2)9-12(8-13)5-6-12/h3-4,7,10H,5-6,8-9H2,1-2H3. The van der Waals surface area contributed by atoms with Crippen molar-refractivity contribution in [3.05, 3.63) is 22.4 Å². The average molecular weight is 288 g/mol. The normalized spacial score (nSPS) is 20.5. The van der Waals surface area contributed by atoms with Crippen LogP contribution in [0.25, 0.3) is 0 Å². The SMILES string of the molecule is CC(c1cccs1)N(C)CC1(CBr)CC1. The van der Waals surface area contributed by atoms with Crippen molar-refractivity contribution in [2.45, 2.75) is 25.8 Å². The molecule has 0 N–H and O–H groups in total. The van der Waals surface area contributed by atoms with Gasteiger partial charge in [-0.15, -0.1) is 11.3 Å². The van der Waals surface area contributed by atoms with Gasteiger partial charge in [-0.2, -0.15) is 0 Å². The van der Waals surface area contributed by atoms with Crippen molar-refractivity contribution in [3.63, 3.8) is 0 Å². The van der Waals surface area contributed by atoms with Gasteiger partial charge in [0.25, 0.3) is 0 Å². The summed E-state index contributed by atoms with van der Waals surface area (Å²) in [6.07, 6.45) is 2.78. The van der Waals surface area contributed by atoms with E-state index < -0.39 is 0 Å². The van der Waals surface area contributed by atoms with E-state index in [1.165, 1.54) is 24.3 Å². The van der Waals surface area contributed by atoms with E-state index in [1.54, 1.807) is 0 Å². The highest BCUT2D eigenvalue weighted by atomic mass is 79.9. The molecule has 1 fully saturated rings. The average Bonchev–Trinajstić information content (AvgIpc) is 2.81. The molecule has 1 atom stereocenters. The van der Waals surface area contributed by atoms with Crippen molar-refractivity contribution in [2.75, 3.05) is 18.9 Å². The smallest absolute Gasteiger partial charge is 0.0410 e. The molecule has 0 aromatic carbocycles. The minimum absolute atomic E-state index is 0.557. The van der Waals surface area contributed by atoms with Gasteiger partial charge >= 0.3 is 0 Å². The maximum Gasteiger partial charge on any atom is 0.0410 e. The van der Waals surface area contributed by atoms with Crippen LogP contribution in [0.4, 0.5) is 0 Å². The molecule has 0 saturated heterocycles. The van der Waals surface area contributed by atoms with Crippen molar-refractivity contribution in [1.29, 1.82) is 0 Å². The van der Waals surface area contributed by atoms with Gasteiger partial charge in [0.15, 0.2) is 0 Å². The molecule has 1 heterocycles. The van der Waals surface area contributed by atoms with Gasteiger partial charge in [0.2, 0.25) is 0 Å². The van der Waals surface area contributed by atoms with Gasteiger partial charge in [-0.3, -0.25) is 4.90 Å². The van der Waals surface area contributed by atoms with Crippen molar-refractivity contribution < 1.29 is 0 Å². The summed E-state index contributed by atoms with van der Waals surface area (Å²) >= 11 is 5.50. The van der Waals surface area contributed by atoms with Gasteiger partial charge < -0.3 is 0 Å². The first-order chi connectivity index (χ1) is 7.17. The first-order valence-electron chi connectivity index (χ1n) is 5.46. The van der Waals surface area contributed by atoms with Crippen LogP contribution in [0.5, 0.6) is 0 Å². The molecule has 84 valence electrons. The summed E-state index contributed by atoms with van der Waals surface area (Å²) in [4.78, 5) is 3.96. The lowest BCUT2D eigenvalue weighted by molar-refractivity contribution is 0.222. The van der Waals surface area contributed by atoms with E-state index in [0.717, 1.165) is 5.33 Å². The largest absolute Gasteiger partial charge is 0.298 e. The van der Waals surface area contributed by atoms with Crippen LogP contribution < -0.4 is 0 Å². The quantitative estimate of drug-likeness (QED) is 0.742. The Bertz CT molecular complexity index is 305. The summed E-state index contributed by atoms with van der Waals surface area (Å²) in [5, 5.41) is 3.32. The number of hydrogen-bond acceptors (Lipinski definition) is 2. The highest BCUT2D eigenvalue weighted by Crippen LogP contribution is 2.48. The molecule has 3 heteroatoms. The van der Waals surface area contributed by atoms with Gasteiger partial charge in [-0.25, -0.2) is 0 Å². The van der Waals surface area contributed by atoms with Crippen LogP contribution in [-0.4, -0.2) is 23.8 Å². The maximum absolute atomic E-state index is 3.64. The van der Waals surface area contributed by atoms with Crippen LogP contribution in [0.2, 0.25) is 0 Å². The zero-order valence-electron chi connectivity index (χ0n) is 9.37. The van der Waals surface area contributed by atoms with Crippen molar-refractivity contribution in [2.24, 2.45) is 5.41 Å². The molecule has 0 spiro atoms. The summed E-state index contributed by atoms with van der Waals surface area (Å²) in [5.41, 5.74) is 0.584. The highest BCUT2D eigenvalue weighted by molar-refractivity contribution is 9.09. The second kappa shape index (κ2) is 4.56. The van der Waals surface area contributed by atoms with Crippen molar-refractivity contribution in [3.8, 4) is 0 Å². The first-order valence-corrected chi connectivity index (χ1v) is 7.47. The van der Waals surface area contributed by atoms with Crippen molar-refractivity contribution >= 4 is 27.3 Å². The lowest BCUT2D eigenvalue weighted by Gasteiger charge is -2.27. The van der Waals surface area contributed by atoms with E-state index in [2.05, 4.69) is 52.3 Å². The Kier molecular flexibility index (Phi) is 3.53. The molecule has 0 radical (unpaired) electrons. The second-order valence-electron chi connectivity index (χ2n) is 4.74. The molecule has 0 bridgehead atoms. The number of thiophene rings is 1. The molecule has 1 saturated carbocycles. The molecule has 0 aliphatic heterocycles. The third kappa shape index (κ3) is 2.63. The van der Waals surface area contributed by atoms with Crippen LogP contribution in [-0.2, 0) is 0 Å². The van der Waals surface area contributed by atoms with E-state index in [9.17, 15) is 0 Å². The molecule has 2 rings (SSSR count). The number of rotatable bonds is 5. The van der Waals surface area contributed by atoms with Gasteiger partial charge in [0, 0.05) is 22.8 Å². The van der Waals surface area contributed by atoms with Crippen LogP contribution in [0.15, 0.2) is 17.5 Å². The Balaban J connectivity index is 1.93. The van der Waals surface area contributed by atoms with Crippen LogP contribution >= 0.6 is 27.3 Å². The number of halogens is 1. The molecule has 1 nitrogen and oxygen atoms in total. The third-order valence-electron chi connectivity index (χ3n) is 3.44. The zero-order valence-corrected chi connectivity index (χ0v) is 11.8. The Morgan fingerprint density at radius 2 is 2.33 bits per heavy atom. The molecular formula is C12H18BrNS. The molecular weight excluding hydrogens is 270 g/mol. The monoisotopic (exact) mass is 287 g/mol. The second-order valence-corrected chi connectivity index (χ2v) is 6.28. The Hall–Kier alpha value is 0.140. The number of alkyl halides is 1. The summed E-state index contributed by atoms with van der Waals surface area (Å²) < 4.78 is 0. The Morgan fingerprint density at radius 3 is 2.80 bits per heavy atom. The third-order valence-corrected chi connectivity index (χ3v) is 5.67. The fourth-order valence-electron chi connectivity index (χ4n) is 1.92. The van der Waals surface area contributed by atoms with E-state index in [4.69, 9.17) is 0 Å². The van der Waals surface area contributed by atoms with Crippen LogP contribution in [0, 0.1) is 5.41 Å². The molecule has 1 aromatic heterocycles. The minimum atomic E-state index is 0.557. The molecule has 1 unspecified atom stereocenters. The topological polar surface area (TPSA) is 3.24 Å². The summed E-state index contributed by atoms with van der Waals surface area (Å²) in [6.45, 7) is 3.52. The summed E-state index contributed by atoms with van der Waals surface area (Å²) in [6, 6.07) is 4.93. The minimum Gasteiger partial charge on any atom is -0.298 e. The molecule has 1 aromatic rings. The van der Waals surface area contributed by atoms with Crippen molar-refractivity contribution in [1.82, 2.24) is 4.90 Å². The molecule has 1 aliphatic rings. The molecule has 15 heavy (non-hydrogen) atoms. The lowest BCUT2D eigenvalue weighted by Crippen LogP contribution is -2.29. The van der Waals surface area contributed by atoms with Gasteiger partial charge in [0.05, 0.1) is 0 Å². The van der Waals surface area contributed by atoms with Crippen LogP contribution in [0.3, 0.4) is 0 Å². The maximum atomic E-state index is 3.64. The Labute approximate surface area is 105 Å². The van der Waals surface area contributed by atoms with Gasteiger partial charge in [-0.1, -0.05) is 22.0 Å². The summed E-state index contributed by atoms with van der Waals surface area (Å²) in [5.74, 6) is 0. The van der Waals surface area contributed by atoms with E-state index in [1.807, 2.05) is 11.3 Å². The fourth-order valence-corrected chi connectivity index (χ4v) is 3.51. The molecule has 1 aliphatic carbocycles. The van der Waals surface area contributed by atoms with Gasteiger partial charge in [-0.05, 0) is 43.7 Å². The predicted molar refractivity (Wildman–Crippen MR) is 70.8 cm³/mol. The zero-order chi connectivity index (χ0) is 10.9. The molecule has 0 amide bonds. The summed E-state index contributed by atoms with van der Waals surface area (Å²) in [7, 11) is 2.24. The van der Waals surface area contributed by atoms with Crippen LogP contribution in [0.1, 0.15) is 30.7 Å². The fraction of sp³-hybridized carbons (Fsp3) is 0.667. The highest BCUT2D eigenvalue weighted by Gasteiger charge is 2.42.